The van der Waals surface area contributed by atoms with E-state index in [4.69, 9.17) is 21.1 Å². The van der Waals surface area contributed by atoms with Crippen molar-refractivity contribution in [2.75, 3.05) is 20.8 Å². The van der Waals surface area contributed by atoms with Gasteiger partial charge in [0.2, 0.25) is 0 Å². The Morgan fingerprint density at radius 3 is 2.52 bits per heavy atom. The van der Waals surface area contributed by atoms with Crippen LogP contribution < -0.4 is 0 Å². The normalized spacial score (nSPS) is 20.8. The first-order valence-electron chi connectivity index (χ1n) is 7.74. The first-order chi connectivity index (χ1) is 11.8. The number of benzene rings is 1. The summed E-state index contributed by atoms with van der Waals surface area (Å²) in [6.45, 7) is 4.07. The number of rotatable bonds is 6. The van der Waals surface area contributed by atoms with Gasteiger partial charge in [0.05, 0.1) is 32.9 Å². The Balaban J connectivity index is 2.25. The SMILES string of the molecule is COC(=O)CC(C)SN1CC(C)(C(=O)OC)C(c2ccc(Cl)cc2)=N1. The molecule has 0 aromatic heterocycles. The van der Waals surface area contributed by atoms with Gasteiger partial charge in [0.15, 0.2) is 0 Å². The molecule has 0 saturated heterocycles. The van der Waals surface area contributed by atoms with Crippen LogP contribution in [0.25, 0.3) is 0 Å². The molecule has 1 aliphatic rings. The smallest absolute Gasteiger partial charge is 0.319 e. The van der Waals surface area contributed by atoms with E-state index >= 15 is 0 Å². The summed E-state index contributed by atoms with van der Waals surface area (Å²) in [6, 6.07) is 7.17. The summed E-state index contributed by atoms with van der Waals surface area (Å²) in [4.78, 5) is 23.8. The highest BCUT2D eigenvalue weighted by molar-refractivity contribution is 7.97. The predicted molar refractivity (Wildman–Crippen MR) is 98.5 cm³/mol. The van der Waals surface area contributed by atoms with Crippen LogP contribution in [0, 0.1) is 5.41 Å². The molecule has 2 atom stereocenters. The summed E-state index contributed by atoms with van der Waals surface area (Å²) >= 11 is 7.34. The van der Waals surface area contributed by atoms with Crippen molar-refractivity contribution in [3.8, 4) is 0 Å². The van der Waals surface area contributed by atoms with Crippen LogP contribution in [0.4, 0.5) is 0 Å². The fourth-order valence-corrected chi connectivity index (χ4v) is 3.81. The summed E-state index contributed by atoms with van der Waals surface area (Å²) < 4.78 is 11.4. The van der Waals surface area contributed by atoms with Crippen LogP contribution >= 0.6 is 23.5 Å². The zero-order valence-corrected chi connectivity index (χ0v) is 16.2. The molecule has 1 aromatic rings. The van der Waals surface area contributed by atoms with Crippen LogP contribution in [0.5, 0.6) is 0 Å². The lowest BCUT2D eigenvalue weighted by atomic mass is 9.82. The van der Waals surface area contributed by atoms with E-state index < -0.39 is 5.41 Å². The fourth-order valence-electron chi connectivity index (χ4n) is 2.60. The van der Waals surface area contributed by atoms with Gasteiger partial charge in [0, 0.05) is 10.3 Å². The van der Waals surface area contributed by atoms with Crippen LogP contribution in [0.1, 0.15) is 25.8 Å². The molecule has 0 N–H and O–H groups in total. The highest BCUT2D eigenvalue weighted by Gasteiger charge is 2.47. The summed E-state index contributed by atoms with van der Waals surface area (Å²) in [5, 5.41) is 5.17. The average molecular weight is 385 g/mol. The monoisotopic (exact) mass is 384 g/mol. The molecular formula is C17H21ClN2O4S. The molecule has 1 heterocycles. The Kier molecular flexibility index (Phi) is 6.35. The minimum absolute atomic E-state index is 0.0392. The molecule has 0 spiro atoms. The molecular weight excluding hydrogens is 364 g/mol. The number of hydrazone groups is 1. The fraction of sp³-hybridized carbons (Fsp3) is 0.471. The summed E-state index contributed by atoms with van der Waals surface area (Å²) in [5.41, 5.74) is 0.524. The molecule has 1 aliphatic heterocycles. The summed E-state index contributed by atoms with van der Waals surface area (Å²) in [6.07, 6.45) is 0.262. The van der Waals surface area contributed by atoms with Crippen LogP contribution in [0.3, 0.4) is 0 Å². The van der Waals surface area contributed by atoms with Crippen molar-refractivity contribution in [1.82, 2.24) is 4.41 Å². The molecule has 0 saturated carbocycles. The lowest BCUT2D eigenvalue weighted by molar-refractivity contribution is -0.147. The molecule has 0 bridgehead atoms. The van der Waals surface area contributed by atoms with E-state index in [0.717, 1.165) is 5.56 Å². The van der Waals surface area contributed by atoms with Crippen LogP contribution in [-0.4, -0.2) is 48.1 Å². The number of methoxy groups -OCH3 is 2. The van der Waals surface area contributed by atoms with E-state index in [1.54, 1.807) is 23.5 Å². The number of carbonyl (C=O) groups excluding carboxylic acids is 2. The molecule has 0 fully saturated rings. The van der Waals surface area contributed by atoms with Gasteiger partial charge in [-0.15, -0.1) is 0 Å². The highest BCUT2D eigenvalue weighted by Crippen LogP contribution is 2.37. The molecule has 0 amide bonds. The maximum Gasteiger partial charge on any atom is 0.319 e. The van der Waals surface area contributed by atoms with Gasteiger partial charge >= 0.3 is 11.9 Å². The molecule has 25 heavy (non-hydrogen) atoms. The van der Waals surface area contributed by atoms with Gasteiger partial charge in [-0.3, -0.25) is 9.59 Å². The average Bonchev–Trinajstić information content (AvgIpc) is 2.91. The zero-order valence-electron chi connectivity index (χ0n) is 14.6. The van der Waals surface area contributed by atoms with Gasteiger partial charge in [-0.2, -0.15) is 5.10 Å². The minimum atomic E-state index is -0.902. The van der Waals surface area contributed by atoms with E-state index in [0.29, 0.717) is 17.3 Å². The molecule has 8 heteroatoms. The first-order valence-corrected chi connectivity index (χ1v) is 8.96. The second-order valence-corrected chi connectivity index (χ2v) is 7.86. The van der Waals surface area contributed by atoms with E-state index in [1.807, 2.05) is 19.1 Å². The number of esters is 2. The third-order valence-electron chi connectivity index (χ3n) is 3.92. The molecule has 0 radical (unpaired) electrons. The van der Waals surface area contributed by atoms with Crippen molar-refractivity contribution < 1.29 is 19.1 Å². The van der Waals surface area contributed by atoms with Gasteiger partial charge in [0.1, 0.15) is 5.41 Å². The quantitative estimate of drug-likeness (QED) is 0.554. The Hall–Kier alpha value is -1.73. The van der Waals surface area contributed by atoms with Gasteiger partial charge in [-0.05, 0) is 36.6 Å². The topological polar surface area (TPSA) is 68.2 Å². The Morgan fingerprint density at radius 2 is 1.96 bits per heavy atom. The van der Waals surface area contributed by atoms with Crippen molar-refractivity contribution in [2.45, 2.75) is 25.5 Å². The third-order valence-corrected chi connectivity index (χ3v) is 5.16. The number of halogens is 1. The molecule has 2 unspecified atom stereocenters. The minimum Gasteiger partial charge on any atom is -0.469 e. The van der Waals surface area contributed by atoms with Crippen molar-refractivity contribution in [1.29, 1.82) is 0 Å². The standard InChI is InChI=1S/C17H21ClN2O4S/c1-11(9-14(21)23-3)25-20-10-17(2,16(22)24-4)15(19-20)12-5-7-13(18)8-6-12/h5-8,11H,9-10H2,1-4H3. The Bertz CT molecular complexity index is 680. The Labute approximate surface area is 156 Å². The van der Waals surface area contributed by atoms with Crippen molar-refractivity contribution in [3.05, 3.63) is 34.9 Å². The third kappa shape index (κ3) is 4.46. The van der Waals surface area contributed by atoms with Crippen LogP contribution in [0.15, 0.2) is 29.4 Å². The summed E-state index contributed by atoms with van der Waals surface area (Å²) in [5.74, 6) is -0.637. The molecule has 136 valence electrons. The molecule has 6 nitrogen and oxygen atoms in total. The zero-order chi connectivity index (χ0) is 18.6. The van der Waals surface area contributed by atoms with Gasteiger partial charge < -0.3 is 9.47 Å². The summed E-state index contributed by atoms with van der Waals surface area (Å²) in [7, 11) is 2.73. The number of hydrogen-bond acceptors (Lipinski definition) is 7. The van der Waals surface area contributed by atoms with E-state index in [2.05, 4.69) is 5.10 Å². The van der Waals surface area contributed by atoms with Crippen LogP contribution in [0.2, 0.25) is 5.02 Å². The second-order valence-electron chi connectivity index (χ2n) is 5.99. The number of nitrogens with zero attached hydrogens (tertiary/aromatic N) is 2. The Morgan fingerprint density at radius 1 is 1.32 bits per heavy atom. The van der Waals surface area contributed by atoms with Gasteiger partial charge in [-0.25, -0.2) is 4.41 Å². The van der Waals surface area contributed by atoms with E-state index in [9.17, 15) is 9.59 Å². The lowest BCUT2D eigenvalue weighted by Crippen LogP contribution is -2.39. The van der Waals surface area contributed by atoms with Crippen molar-refractivity contribution >= 4 is 41.2 Å². The van der Waals surface area contributed by atoms with Crippen molar-refractivity contribution in [3.63, 3.8) is 0 Å². The molecule has 2 rings (SSSR count). The lowest BCUT2D eigenvalue weighted by Gasteiger charge is -2.24. The molecule has 1 aromatic carbocycles. The maximum atomic E-state index is 12.4. The van der Waals surface area contributed by atoms with Crippen molar-refractivity contribution in [2.24, 2.45) is 10.5 Å². The highest BCUT2D eigenvalue weighted by atomic mass is 35.5. The number of hydrogen-bond donors (Lipinski definition) is 0. The predicted octanol–water partition coefficient (Wildman–Crippen LogP) is 3.14. The van der Waals surface area contributed by atoms with Gasteiger partial charge in [-0.1, -0.05) is 30.7 Å². The maximum absolute atomic E-state index is 12.4. The first kappa shape index (κ1) is 19.6. The molecule has 0 aliphatic carbocycles. The second kappa shape index (κ2) is 8.10. The number of ether oxygens (including phenoxy) is 2. The van der Waals surface area contributed by atoms with Crippen LogP contribution in [-0.2, 0) is 19.1 Å². The van der Waals surface area contributed by atoms with Gasteiger partial charge in [0.25, 0.3) is 0 Å². The van der Waals surface area contributed by atoms with E-state index in [1.165, 1.54) is 26.2 Å². The largest absolute Gasteiger partial charge is 0.469 e. The number of carbonyl (C=O) groups is 2. The van der Waals surface area contributed by atoms with E-state index in [-0.39, 0.29) is 23.6 Å².